The van der Waals surface area contributed by atoms with Crippen LogP contribution in [0.15, 0.2) is 41.3 Å². The fourth-order valence-electron chi connectivity index (χ4n) is 1.33. The summed E-state index contributed by atoms with van der Waals surface area (Å²) >= 11 is 4.88. The molecule has 96 valence electrons. The van der Waals surface area contributed by atoms with E-state index >= 15 is 0 Å². The van der Waals surface area contributed by atoms with E-state index in [-0.39, 0.29) is 0 Å². The highest BCUT2D eigenvalue weighted by Crippen LogP contribution is 2.36. The molecule has 2 aromatic heterocycles. The molecule has 0 aliphatic carbocycles. The van der Waals surface area contributed by atoms with Gasteiger partial charge < -0.3 is 0 Å². The Bertz CT molecular complexity index is 593. The van der Waals surface area contributed by atoms with Crippen LogP contribution in [-0.2, 0) is 22.7 Å². The average Bonchev–Trinajstić information content (AvgIpc) is 3.04. The minimum absolute atomic E-state index is 0.379. The number of thiophene rings is 2. The van der Waals surface area contributed by atoms with Crippen LogP contribution in [0, 0.1) is 0 Å². The largest absolute Gasteiger partial charge is 0.235 e. The van der Waals surface area contributed by atoms with E-state index in [2.05, 4.69) is 9.98 Å². The van der Waals surface area contributed by atoms with Gasteiger partial charge in [0, 0.05) is 0 Å². The van der Waals surface area contributed by atoms with Crippen LogP contribution in [0.1, 0.15) is 11.1 Å². The zero-order chi connectivity index (χ0) is 13.5. The molecule has 0 atom stereocenters. The summed E-state index contributed by atoms with van der Waals surface area (Å²) < 4.78 is 2.28. The molecule has 0 saturated heterocycles. The Labute approximate surface area is 121 Å². The van der Waals surface area contributed by atoms with Gasteiger partial charge in [0.1, 0.15) is 0 Å². The first kappa shape index (κ1) is 13.9. The smallest absolute Gasteiger partial charge is 0.211 e. The van der Waals surface area contributed by atoms with Crippen molar-refractivity contribution >= 4 is 46.6 Å². The summed E-state index contributed by atoms with van der Waals surface area (Å²) in [5.74, 6) is 0. The molecular formula is C12H8N2O2S3. The predicted octanol–water partition coefficient (Wildman–Crippen LogP) is 3.63. The molecule has 7 heteroatoms. The number of rotatable bonds is 6. The maximum absolute atomic E-state index is 10.0. The summed E-state index contributed by atoms with van der Waals surface area (Å²) in [5, 5.41) is 3.96. The van der Waals surface area contributed by atoms with Crippen LogP contribution in [-0.4, -0.2) is 12.2 Å². The molecule has 0 spiro atoms. The zero-order valence-electron chi connectivity index (χ0n) is 9.66. The van der Waals surface area contributed by atoms with Crippen LogP contribution >= 0.6 is 34.4 Å². The average molecular weight is 308 g/mol. The number of carbonyl (C=O) groups excluding carboxylic acids is 2. The summed E-state index contributed by atoms with van der Waals surface area (Å²) in [7, 11) is 0. The van der Waals surface area contributed by atoms with Gasteiger partial charge in [-0.15, -0.1) is 22.7 Å². The van der Waals surface area contributed by atoms with E-state index in [4.69, 9.17) is 0 Å². The quantitative estimate of drug-likeness (QED) is 0.605. The Hall–Kier alpha value is -1.49. The zero-order valence-corrected chi connectivity index (χ0v) is 12.1. The lowest BCUT2D eigenvalue weighted by Gasteiger charge is -1.91. The van der Waals surface area contributed by atoms with Crippen LogP contribution in [0.3, 0.4) is 0 Å². The molecule has 0 radical (unpaired) electrons. The van der Waals surface area contributed by atoms with Gasteiger partial charge >= 0.3 is 0 Å². The molecule has 0 aliphatic rings. The Morgan fingerprint density at radius 1 is 0.947 bits per heavy atom. The lowest BCUT2D eigenvalue weighted by Crippen LogP contribution is -1.73. The van der Waals surface area contributed by atoms with Gasteiger partial charge in [-0.3, -0.25) is 0 Å². The molecule has 2 rings (SSSR count). The molecule has 2 heterocycles. The summed E-state index contributed by atoms with van der Waals surface area (Å²) in [4.78, 5) is 27.2. The highest BCUT2D eigenvalue weighted by Gasteiger charge is 2.05. The van der Waals surface area contributed by atoms with Gasteiger partial charge in [0.15, 0.2) is 0 Å². The van der Waals surface area contributed by atoms with E-state index in [9.17, 15) is 9.59 Å². The monoisotopic (exact) mass is 308 g/mol. The highest BCUT2D eigenvalue weighted by molar-refractivity contribution is 8.02. The summed E-state index contributed by atoms with van der Waals surface area (Å²) in [6, 6.07) is 4.03. The van der Waals surface area contributed by atoms with E-state index in [1.54, 1.807) is 34.4 Å². The molecular weight excluding hydrogens is 300 g/mol. The molecule has 0 saturated carbocycles. The second kappa shape index (κ2) is 7.19. The maximum Gasteiger partial charge on any atom is 0.235 e. The van der Waals surface area contributed by atoms with Crippen LogP contribution in [0.25, 0.3) is 0 Å². The number of isocyanates is 2. The SMILES string of the molecule is O=C=NCc1csc(Sc2cc(CN=C=O)cs2)c1. The van der Waals surface area contributed by atoms with Crippen LogP contribution in [0.4, 0.5) is 0 Å². The summed E-state index contributed by atoms with van der Waals surface area (Å²) in [5.41, 5.74) is 2.02. The Morgan fingerprint density at radius 2 is 1.42 bits per heavy atom. The second-order valence-corrected chi connectivity index (χ2v) is 6.89. The number of aliphatic imine (C=N–C) groups is 2. The van der Waals surface area contributed by atoms with Gasteiger partial charge in [-0.25, -0.2) is 19.6 Å². The minimum Gasteiger partial charge on any atom is -0.211 e. The molecule has 0 amide bonds. The lowest BCUT2D eigenvalue weighted by molar-refractivity contribution is 0.562. The predicted molar refractivity (Wildman–Crippen MR) is 76.4 cm³/mol. The van der Waals surface area contributed by atoms with E-state index < -0.39 is 0 Å². The normalized spacial score (nSPS) is 9.68. The van der Waals surface area contributed by atoms with E-state index in [1.807, 2.05) is 22.9 Å². The Morgan fingerprint density at radius 3 is 1.84 bits per heavy atom. The van der Waals surface area contributed by atoms with Gasteiger partial charge in [-0.1, -0.05) is 11.8 Å². The minimum atomic E-state index is 0.379. The fraction of sp³-hybridized carbons (Fsp3) is 0.167. The van der Waals surface area contributed by atoms with Crippen molar-refractivity contribution in [1.82, 2.24) is 0 Å². The third-order valence-corrected chi connectivity index (χ3v) is 5.37. The van der Waals surface area contributed by atoms with E-state index in [0.29, 0.717) is 13.1 Å². The van der Waals surface area contributed by atoms with Gasteiger partial charge in [0.25, 0.3) is 0 Å². The first-order valence-electron chi connectivity index (χ1n) is 5.21. The third-order valence-electron chi connectivity index (χ3n) is 2.11. The van der Waals surface area contributed by atoms with Crippen molar-refractivity contribution in [2.24, 2.45) is 9.98 Å². The first-order valence-corrected chi connectivity index (χ1v) is 7.79. The van der Waals surface area contributed by atoms with Crippen molar-refractivity contribution in [2.75, 3.05) is 0 Å². The Kier molecular flexibility index (Phi) is 5.27. The van der Waals surface area contributed by atoms with Crippen molar-refractivity contribution in [3.63, 3.8) is 0 Å². The molecule has 19 heavy (non-hydrogen) atoms. The van der Waals surface area contributed by atoms with Crippen LogP contribution in [0.2, 0.25) is 0 Å². The molecule has 4 nitrogen and oxygen atoms in total. The fourth-order valence-corrected chi connectivity index (χ4v) is 4.57. The number of nitrogens with zero attached hydrogens (tertiary/aromatic N) is 2. The summed E-state index contributed by atoms with van der Waals surface area (Å²) in [6.07, 6.45) is 3.06. The van der Waals surface area contributed by atoms with Crippen molar-refractivity contribution < 1.29 is 9.59 Å². The van der Waals surface area contributed by atoms with Crippen molar-refractivity contribution in [3.8, 4) is 0 Å². The van der Waals surface area contributed by atoms with Crippen LogP contribution in [0.5, 0.6) is 0 Å². The highest BCUT2D eigenvalue weighted by atomic mass is 32.2. The van der Waals surface area contributed by atoms with Gasteiger partial charge in [0.2, 0.25) is 12.2 Å². The van der Waals surface area contributed by atoms with Gasteiger partial charge in [0.05, 0.1) is 21.5 Å². The van der Waals surface area contributed by atoms with Gasteiger partial charge in [-0.05, 0) is 34.0 Å². The number of hydrogen-bond donors (Lipinski definition) is 0. The molecule has 0 aromatic carbocycles. The molecule has 0 aliphatic heterocycles. The molecule has 0 fully saturated rings. The summed E-state index contributed by atoms with van der Waals surface area (Å²) in [6.45, 7) is 0.759. The van der Waals surface area contributed by atoms with Crippen molar-refractivity contribution in [2.45, 2.75) is 21.5 Å². The number of hydrogen-bond acceptors (Lipinski definition) is 7. The van der Waals surface area contributed by atoms with Crippen molar-refractivity contribution in [3.05, 3.63) is 34.0 Å². The standard InChI is InChI=1S/C12H8N2O2S3/c15-7-13-3-9-1-11(17-5-9)19-12-2-10(6-18-12)4-14-8-16/h1-2,5-6H,3-4H2. The lowest BCUT2D eigenvalue weighted by atomic mass is 10.3. The topological polar surface area (TPSA) is 58.9 Å². The van der Waals surface area contributed by atoms with Crippen LogP contribution < -0.4 is 0 Å². The first-order chi connectivity index (χ1) is 9.31. The Balaban J connectivity index is 2.00. The molecule has 0 N–H and O–H groups in total. The molecule has 0 unspecified atom stereocenters. The third kappa shape index (κ3) is 4.28. The van der Waals surface area contributed by atoms with E-state index in [1.165, 1.54) is 12.2 Å². The van der Waals surface area contributed by atoms with Crippen molar-refractivity contribution in [1.29, 1.82) is 0 Å². The second-order valence-electron chi connectivity index (χ2n) is 3.47. The van der Waals surface area contributed by atoms with E-state index in [0.717, 1.165) is 19.5 Å². The van der Waals surface area contributed by atoms with Gasteiger partial charge in [-0.2, -0.15) is 0 Å². The molecule has 2 aromatic rings. The molecule has 0 bridgehead atoms. The maximum atomic E-state index is 10.0.